The van der Waals surface area contributed by atoms with Crippen LogP contribution in [-0.2, 0) is 25.8 Å². The van der Waals surface area contributed by atoms with Gasteiger partial charge in [-0.1, -0.05) is 0 Å². The van der Waals surface area contributed by atoms with Crippen LogP contribution >= 0.6 is 0 Å². The maximum absolute atomic E-state index is 10.1. The van der Waals surface area contributed by atoms with Crippen molar-refractivity contribution in [3.63, 3.8) is 0 Å². The molecule has 0 saturated heterocycles. The Kier molecular flexibility index (Phi) is 4.28. The van der Waals surface area contributed by atoms with Gasteiger partial charge in [0.25, 0.3) is 0 Å². The minimum atomic E-state index is -1.31. The molecule has 0 aromatic carbocycles. The molecule has 0 N–H and O–H groups in total. The van der Waals surface area contributed by atoms with Crippen molar-refractivity contribution >= 4 is 0 Å². The summed E-state index contributed by atoms with van der Waals surface area (Å²) in [6.07, 6.45) is 1.10. The Hall–Kier alpha value is 0.670. The third-order valence-corrected chi connectivity index (χ3v) is 3.73. The normalized spacial score (nSPS) is 13.0. The van der Waals surface area contributed by atoms with Crippen LogP contribution in [0.15, 0.2) is 0 Å². The van der Waals surface area contributed by atoms with E-state index in [-0.39, 0.29) is 0 Å². The zero-order valence-electron chi connectivity index (χ0n) is 4.19. The molecule has 0 aromatic rings. The van der Waals surface area contributed by atoms with Crippen molar-refractivity contribution in [1.29, 1.82) is 0 Å². The molecule has 0 aliphatic heterocycles. The summed E-state index contributed by atoms with van der Waals surface area (Å²) in [6, 6.07) is 0. The summed E-state index contributed by atoms with van der Waals surface area (Å²) in [4.78, 5) is 0. The van der Waals surface area contributed by atoms with E-state index >= 15 is 0 Å². The molecule has 0 aromatic heterocycles. The average Bonchev–Trinajstić information content (AvgIpc) is 1.65. The monoisotopic (exact) mass is 253 g/mol. The van der Waals surface area contributed by atoms with Gasteiger partial charge >= 0.3 is 49.7 Å². The summed E-state index contributed by atoms with van der Waals surface area (Å²) in [7, 11) is 0. The van der Waals surface area contributed by atoms with Crippen molar-refractivity contribution in [3.8, 4) is 0 Å². The van der Waals surface area contributed by atoms with Gasteiger partial charge in [0.1, 0.15) is 0 Å². The molecule has 0 fully saturated rings. The Balaban J connectivity index is 2.96. The molecule has 35 valence electrons. The van der Waals surface area contributed by atoms with E-state index in [4.69, 9.17) is 0 Å². The Labute approximate surface area is 49.9 Å². The van der Waals surface area contributed by atoms with Crippen LogP contribution in [0.1, 0.15) is 20.3 Å². The Morgan fingerprint density at radius 1 is 1.83 bits per heavy atom. The van der Waals surface area contributed by atoms with E-state index in [1.807, 2.05) is 0 Å². The van der Waals surface area contributed by atoms with E-state index in [2.05, 4.69) is 13.8 Å². The summed E-state index contributed by atoms with van der Waals surface area (Å²) < 4.78 is 10.6. The van der Waals surface area contributed by atoms with Crippen LogP contribution in [0.25, 0.3) is 0 Å². The fourth-order valence-electron chi connectivity index (χ4n) is 0.0833. The van der Waals surface area contributed by atoms with E-state index in [9.17, 15) is 2.85 Å². The first kappa shape index (κ1) is 6.67. The van der Waals surface area contributed by atoms with Crippen LogP contribution < -0.4 is 0 Å². The molecule has 2 heteroatoms. The van der Waals surface area contributed by atoms with Gasteiger partial charge in [-0.2, -0.15) is 0 Å². The second-order valence-corrected chi connectivity index (χ2v) is 5.81. The van der Waals surface area contributed by atoms with Gasteiger partial charge in [-0.05, 0) is 0 Å². The molecule has 0 aliphatic carbocycles. The van der Waals surface area contributed by atoms with E-state index in [1.54, 1.807) is 0 Å². The summed E-state index contributed by atoms with van der Waals surface area (Å²) in [5, 5.41) is 0. The first-order valence-electron chi connectivity index (χ1n) is 2.19. The van der Waals surface area contributed by atoms with Gasteiger partial charge in [-0.3, -0.25) is 0 Å². The van der Waals surface area contributed by atoms with Crippen LogP contribution in [-0.4, -0.2) is 0 Å². The van der Waals surface area contributed by atoms with E-state index in [0.29, 0.717) is 3.67 Å². The molecule has 1 nitrogen and oxygen atoms in total. The van der Waals surface area contributed by atoms with Gasteiger partial charge in [0.15, 0.2) is 0 Å². The minimum absolute atomic E-state index is 0.574. The third-order valence-electron chi connectivity index (χ3n) is 0.814. The second-order valence-electron chi connectivity index (χ2n) is 1.43. The number of rotatable bonds is 2. The first-order chi connectivity index (χ1) is 2.81. The van der Waals surface area contributed by atoms with Gasteiger partial charge in [-0.25, -0.2) is 0 Å². The van der Waals surface area contributed by atoms with E-state index in [0.717, 1.165) is 6.42 Å². The van der Waals surface area contributed by atoms with Crippen LogP contribution in [0, 0.1) is 0 Å². The van der Waals surface area contributed by atoms with Crippen molar-refractivity contribution in [2.24, 2.45) is 0 Å². The van der Waals surface area contributed by atoms with Crippen LogP contribution in [0.2, 0.25) is 3.67 Å². The van der Waals surface area contributed by atoms with Crippen molar-refractivity contribution in [2.45, 2.75) is 23.9 Å². The summed E-state index contributed by atoms with van der Waals surface area (Å²) in [5.74, 6) is 0. The molecule has 0 radical (unpaired) electrons. The molecule has 1 unspecified atom stereocenters. The Bertz CT molecular complexity index is 44.8. The van der Waals surface area contributed by atoms with Crippen LogP contribution in [0.4, 0.5) is 0 Å². The first-order valence-corrected chi connectivity index (χ1v) is 5.73. The summed E-state index contributed by atoms with van der Waals surface area (Å²) in [5.41, 5.74) is 0. The van der Waals surface area contributed by atoms with Gasteiger partial charge in [0.05, 0.1) is 0 Å². The average molecular weight is 252 g/mol. The van der Waals surface area contributed by atoms with Gasteiger partial charge < -0.3 is 0 Å². The fourth-order valence-corrected chi connectivity index (χ4v) is 0.682. The van der Waals surface area contributed by atoms with Crippen molar-refractivity contribution in [2.75, 3.05) is 0 Å². The van der Waals surface area contributed by atoms with Gasteiger partial charge in [-0.15, -0.1) is 0 Å². The second kappa shape index (κ2) is 3.85. The molecule has 0 amide bonds. The molecule has 1 atom stereocenters. The Morgan fingerprint density at radius 2 is 2.33 bits per heavy atom. The predicted octanol–water partition coefficient (Wildman–Crippen LogP) is 1.63. The molecule has 0 rings (SSSR count). The van der Waals surface area contributed by atoms with Crippen molar-refractivity contribution in [3.05, 3.63) is 0 Å². The Morgan fingerprint density at radius 3 is 2.33 bits per heavy atom. The van der Waals surface area contributed by atoms with E-state index in [1.165, 1.54) is 0 Å². The molecule has 6 heavy (non-hydrogen) atoms. The molecular formula is C4H9HfO. The molecular weight excluding hydrogens is 243 g/mol. The number of hydrogen-bond donors (Lipinski definition) is 0. The fraction of sp³-hybridized carbons (Fsp3) is 1.00. The zero-order chi connectivity index (χ0) is 4.99. The quantitative estimate of drug-likeness (QED) is 0.682. The SMILES string of the molecule is CC[CH](C)[Hf]=[O]. The molecule has 0 spiro atoms. The zero-order valence-corrected chi connectivity index (χ0v) is 7.79. The predicted molar refractivity (Wildman–Crippen MR) is 20.4 cm³/mol. The van der Waals surface area contributed by atoms with Crippen molar-refractivity contribution in [1.82, 2.24) is 0 Å². The third kappa shape index (κ3) is 2.88. The molecule has 0 heterocycles. The number of hydrogen-bond acceptors (Lipinski definition) is 1. The van der Waals surface area contributed by atoms with E-state index < -0.39 is 22.9 Å². The molecule has 0 bridgehead atoms. The van der Waals surface area contributed by atoms with Crippen molar-refractivity contribution < 1.29 is 25.8 Å². The maximum atomic E-state index is 10.1. The molecule has 0 aliphatic rings. The summed E-state index contributed by atoms with van der Waals surface area (Å²) >= 11 is -1.31. The summed E-state index contributed by atoms with van der Waals surface area (Å²) in [6.45, 7) is 4.13. The van der Waals surface area contributed by atoms with Gasteiger partial charge in [0.2, 0.25) is 0 Å². The van der Waals surface area contributed by atoms with Crippen LogP contribution in [0.3, 0.4) is 0 Å². The topological polar surface area (TPSA) is 17.1 Å². The van der Waals surface area contributed by atoms with Gasteiger partial charge in [0, 0.05) is 0 Å². The molecule has 0 saturated carbocycles. The van der Waals surface area contributed by atoms with Crippen LogP contribution in [0.5, 0.6) is 0 Å². The standard InChI is InChI=1S/C4H9.Hf.O/c1-3-4-2;;/h3H,4H2,1-2H3;;.